The molecule has 0 radical (unpaired) electrons. The Morgan fingerprint density at radius 2 is 2.11 bits per heavy atom. The van der Waals surface area contributed by atoms with E-state index in [1.165, 1.54) is 0 Å². The summed E-state index contributed by atoms with van der Waals surface area (Å²) in [7, 11) is 0. The highest BCUT2D eigenvalue weighted by molar-refractivity contribution is 5.34. The predicted octanol–water partition coefficient (Wildman–Crippen LogP) is 3.72. The van der Waals surface area contributed by atoms with Crippen LogP contribution >= 0.6 is 0 Å². The zero-order chi connectivity index (χ0) is 13.6. The smallest absolute Gasteiger partial charge is 0.114 e. The molecule has 0 unspecified atom stereocenters. The number of hydrogen-bond acceptors (Lipinski definition) is 3. The normalized spacial score (nSPS) is 39.1. The zero-order valence-corrected chi connectivity index (χ0v) is 11.8. The molecule has 100 valence electrons. The van der Waals surface area contributed by atoms with Crippen LogP contribution < -0.4 is 0 Å². The Labute approximate surface area is 109 Å². The lowest BCUT2D eigenvalue weighted by Crippen LogP contribution is -2.54. The number of allylic oxidation sites excluding steroid dienone is 1. The highest BCUT2D eigenvalue weighted by atomic mass is 16.5. The van der Waals surface area contributed by atoms with Gasteiger partial charge in [-0.3, -0.25) is 0 Å². The SMILES string of the molecule is CC[C@H]1CC[C@@]2(C)CC(C#N)=C(O)C(C)(C)[C@@H]2O1. The lowest BCUT2D eigenvalue weighted by Gasteiger charge is -2.53. The van der Waals surface area contributed by atoms with E-state index in [1.54, 1.807) is 0 Å². The molecule has 1 aliphatic carbocycles. The summed E-state index contributed by atoms with van der Waals surface area (Å²) in [6, 6.07) is 2.17. The summed E-state index contributed by atoms with van der Waals surface area (Å²) in [5, 5.41) is 19.5. The molecule has 2 rings (SSSR count). The number of hydrogen-bond donors (Lipinski definition) is 1. The third-order valence-corrected chi connectivity index (χ3v) is 4.72. The third kappa shape index (κ3) is 1.83. The summed E-state index contributed by atoms with van der Waals surface area (Å²) >= 11 is 0. The molecule has 0 spiro atoms. The molecule has 1 fully saturated rings. The molecule has 1 heterocycles. The molecule has 0 saturated carbocycles. The van der Waals surface area contributed by atoms with Crippen molar-refractivity contribution in [1.82, 2.24) is 0 Å². The molecular weight excluding hydrogens is 226 g/mol. The van der Waals surface area contributed by atoms with Crippen LogP contribution in [0.3, 0.4) is 0 Å². The first-order valence-corrected chi connectivity index (χ1v) is 6.83. The maximum Gasteiger partial charge on any atom is 0.114 e. The van der Waals surface area contributed by atoms with Crippen molar-refractivity contribution in [1.29, 1.82) is 5.26 Å². The van der Waals surface area contributed by atoms with Gasteiger partial charge in [-0.1, -0.05) is 27.7 Å². The molecule has 1 aliphatic heterocycles. The van der Waals surface area contributed by atoms with Crippen molar-refractivity contribution in [3.8, 4) is 6.07 Å². The number of nitrogens with zero attached hydrogens (tertiary/aromatic N) is 1. The number of fused-ring (bicyclic) bond motifs is 1. The Hall–Kier alpha value is -1.01. The number of ether oxygens (including phenoxy) is 1. The van der Waals surface area contributed by atoms with Gasteiger partial charge in [0, 0.05) is 5.41 Å². The molecule has 3 heteroatoms. The fourth-order valence-electron chi connectivity index (χ4n) is 3.66. The molecular formula is C15H23NO2. The zero-order valence-electron chi connectivity index (χ0n) is 11.8. The van der Waals surface area contributed by atoms with Gasteiger partial charge in [-0.25, -0.2) is 0 Å². The highest BCUT2D eigenvalue weighted by Crippen LogP contribution is 2.54. The first kappa shape index (κ1) is 13.4. The minimum absolute atomic E-state index is 0.000741. The van der Waals surface area contributed by atoms with Gasteiger partial charge in [0.1, 0.15) is 5.76 Å². The molecule has 18 heavy (non-hydrogen) atoms. The predicted molar refractivity (Wildman–Crippen MR) is 70.0 cm³/mol. The Kier molecular flexibility index (Phi) is 3.19. The maximum atomic E-state index is 10.3. The van der Waals surface area contributed by atoms with Crippen molar-refractivity contribution >= 4 is 0 Å². The molecule has 2 aliphatic rings. The molecule has 3 atom stereocenters. The van der Waals surface area contributed by atoms with Crippen LogP contribution in [0.5, 0.6) is 0 Å². The molecule has 0 bridgehead atoms. The van der Waals surface area contributed by atoms with Crippen LogP contribution in [0.15, 0.2) is 11.3 Å². The van der Waals surface area contributed by atoms with Gasteiger partial charge in [0.15, 0.2) is 0 Å². The average molecular weight is 249 g/mol. The monoisotopic (exact) mass is 249 g/mol. The minimum Gasteiger partial charge on any atom is -0.511 e. The second-order valence-electron chi connectivity index (χ2n) is 6.58. The van der Waals surface area contributed by atoms with Crippen molar-refractivity contribution in [2.24, 2.45) is 10.8 Å². The number of aliphatic hydroxyl groups excluding tert-OH is 1. The number of nitriles is 1. The summed E-state index contributed by atoms with van der Waals surface area (Å²) in [4.78, 5) is 0. The summed E-state index contributed by atoms with van der Waals surface area (Å²) in [6.45, 7) is 8.30. The van der Waals surface area contributed by atoms with E-state index in [1.807, 2.05) is 13.8 Å². The van der Waals surface area contributed by atoms with Gasteiger partial charge in [-0.2, -0.15) is 5.26 Å². The van der Waals surface area contributed by atoms with E-state index in [2.05, 4.69) is 19.9 Å². The molecule has 1 N–H and O–H groups in total. The van der Waals surface area contributed by atoms with Gasteiger partial charge in [-0.05, 0) is 31.1 Å². The van der Waals surface area contributed by atoms with Crippen molar-refractivity contribution in [3.63, 3.8) is 0 Å². The van der Waals surface area contributed by atoms with Crippen LogP contribution in [0.2, 0.25) is 0 Å². The summed E-state index contributed by atoms with van der Waals surface area (Å²) < 4.78 is 6.22. The number of aliphatic hydroxyl groups is 1. The quantitative estimate of drug-likeness (QED) is 0.770. The fourth-order valence-corrected chi connectivity index (χ4v) is 3.66. The Bertz CT molecular complexity index is 419. The second-order valence-corrected chi connectivity index (χ2v) is 6.58. The van der Waals surface area contributed by atoms with Crippen molar-refractivity contribution < 1.29 is 9.84 Å². The van der Waals surface area contributed by atoms with E-state index < -0.39 is 5.41 Å². The van der Waals surface area contributed by atoms with Gasteiger partial charge in [0.2, 0.25) is 0 Å². The average Bonchev–Trinajstić information content (AvgIpc) is 2.34. The topological polar surface area (TPSA) is 53.2 Å². The van der Waals surface area contributed by atoms with Gasteiger partial charge in [-0.15, -0.1) is 0 Å². The first-order chi connectivity index (χ1) is 8.35. The van der Waals surface area contributed by atoms with E-state index in [9.17, 15) is 10.4 Å². The molecule has 3 nitrogen and oxygen atoms in total. The first-order valence-electron chi connectivity index (χ1n) is 6.83. The third-order valence-electron chi connectivity index (χ3n) is 4.72. The molecule has 0 aromatic rings. The van der Waals surface area contributed by atoms with E-state index in [-0.39, 0.29) is 17.3 Å². The summed E-state index contributed by atoms with van der Waals surface area (Å²) in [5.74, 6) is 0.226. The van der Waals surface area contributed by atoms with E-state index in [0.29, 0.717) is 18.1 Å². The second kappa shape index (κ2) is 4.28. The highest BCUT2D eigenvalue weighted by Gasteiger charge is 2.54. The minimum atomic E-state index is -0.466. The van der Waals surface area contributed by atoms with Crippen LogP contribution in [-0.4, -0.2) is 17.3 Å². The van der Waals surface area contributed by atoms with Crippen LogP contribution in [-0.2, 0) is 4.74 Å². The van der Waals surface area contributed by atoms with Gasteiger partial charge < -0.3 is 9.84 Å². The molecule has 0 amide bonds. The van der Waals surface area contributed by atoms with Crippen LogP contribution in [0.25, 0.3) is 0 Å². The van der Waals surface area contributed by atoms with Crippen molar-refractivity contribution in [2.75, 3.05) is 0 Å². The van der Waals surface area contributed by atoms with Crippen molar-refractivity contribution in [2.45, 2.75) is 65.6 Å². The lowest BCUT2D eigenvalue weighted by molar-refractivity contribution is -0.176. The van der Waals surface area contributed by atoms with Gasteiger partial charge in [0.05, 0.1) is 23.9 Å². The Morgan fingerprint density at radius 3 is 2.67 bits per heavy atom. The standard InChI is InChI=1S/C15H23NO2/c1-5-11-6-7-15(4)8-10(9-16)12(17)14(2,3)13(15)18-11/h11,13,17H,5-8H2,1-4H3/t11-,13-,15-/m0/s1. The van der Waals surface area contributed by atoms with Crippen molar-refractivity contribution in [3.05, 3.63) is 11.3 Å². The van der Waals surface area contributed by atoms with Crippen LogP contribution in [0.4, 0.5) is 0 Å². The van der Waals surface area contributed by atoms with E-state index >= 15 is 0 Å². The van der Waals surface area contributed by atoms with Gasteiger partial charge in [0.25, 0.3) is 0 Å². The molecule has 0 aromatic heterocycles. The molecule has 1 saturated heterocycles. The van der Waals surface area contributed by atoms with E-state index in [4.69, 9.17) is 4.74 Å². The summed E-state index contributed by atoms with van der Waals surface area (Å²) in [6.07, 6.45) is 4.06. The number of rotatable bonds is 1. The Morgan fingerprint density at radius 1 is 1.44 bits per heavy atom. The largest absolute Gasteiger partial charge is 0.511 e. The van der Waals surface area contributed by atoms with E-state index in [0.717, 1.165) is 19.3 Å². The molecule has 0 aromatic carbocycles. The fraction of sp³-hybridized carbons (Fsp3) is 0.800. The lowest BCUT2D eigenvalue weighted by atomic mass is 9.59. The van der Waals surface area contributed by atoms with Crippen LogP contribution in [0.1, 0.15) is 53.4 Å². The maximum absolute atomic E-state index is 10.3. The van der Waals surface area contributed by atoms with Crippen LogP contribution in [0, 0.1) is 22.2 Å². The summed E-state index contributed by atoms with van der Waals surface area (Å²) in [5.41, 5.74) is 0.0514. The Balaban J connectivity index is 2.42. The van der Waals surface area contributed by atoms with Gasteiger partial charge >= 0.3 is 0 Å².